The minimum atomic E-state index is -3.90. The van der Waals surface area contributed by atoms with Crippen molar-refractivity contribution in [3.63, 3.8) is 0 Å². The average molecular weight is 329 g/mol. The van der Waals surface area contributed by atoms with Gasteiger partial charge in [-0.15, -0.1) is 0 Å². The summed E-state index contributed by atoms with van der Waals surface area (Å²) in [5.74, 6) is -0.474. The molecular weight excluding hydrogens is 310 g/mol. The predicted octanol–water partition coefficient (Wildman–Crippen LogP) is 3.59. The molecule has 2 aromatic carbocycles. The Hall–Kier alpha value is -2.40. The third-order valence-electron chi connectivity index (χ3n) is 3.33. The van der Waals surface area contributed by atoms with E-state index in [1.165, 1.54) is 18.3 Å². The van der Waals surface area contributed by atoms with E-state index in [-0.39, 0.29) is 11.3 Å². The van der Waals surface area contributed by atoms with Crippen molar-refractivity contribution in [1.29, 1.82) is 0 Å². The van der Waals surface area contributed by atoms with Gasteiger partial charge in [0.15, 0.2) is 0 Å². The Morgan fingerprint density at radius 1 is 1.04 bits per heavy atom. The molecule has 0 unspecified atom stereocenters. The highest BCUT2D eigenvalue weighted by atomic mass is 32.2. The van der Waals surface area contributed by atoms with Crippen LogP contribution in [-0.2, 0) is 14.8 Å². The fourth-order valence-corrected chi connectivity index (χ4v) is 3.32. The number of hydrogen-bond acceptors (Lipinski definition) is 3. The summed E-state index contributed by atoms with van der Waals surface area (Å²) in [6, 6.07) is 15.7. The largest absolute Gasteiger partial charge is 0.273 e. The molecule has 120 valence electrons. The lowest BCUT2D eigenvalue weighted by Crippen LogP contribution is -2.31. The van der Waals surface area contributed by atoms with Crippen molar-refractivity contribution in [1.82, 2.24) is 4.31 Å². The van der Waals surface area contributed by atoms with Gasteiger partial charge in [0.1, 0.15) is 0 Å². The van der Waals surface area contributed by atoms with E-state index >= 15 is 0 Å². The minimum Gasteiger partial charge on any atom is -0.273 e. The van der Waals surface area contributed by atoms with E-state index in [0.717, 1.165) is 15.4 Å². The van der Waals surface area contributed by atoms with Gasteiger partial charge < -0.3 is 0 Å². The Balaban J connectivity index is 2.40. The van der Waals surface area contributed by atoms with Crippen molar-refractivity contribution < 1.29 is 13.2 Å². The number of sulfonamides is 1. The molecule has 1 amide bonds. The second-order valence-electron chi connectivity index (χ2n) is 5.09. The van der Waals surface area contributed by atoms with Crippen LogP contribution in [0.5, 0.6) is 0 Å². The first kappa shape index (κ1) is 17.0. The average Bonchev–Trinajstić information content (AvgIpc) is 2.56. The maximum atomic E-state index is 12.7. The van der Waals surface area contributed by atoms with Crippen LogP contribution in [-0.4, -0.2) is 18.6 Å². The van der Waals surface area contributed by atoms with Crippen LogP contribution in [0.15, 0.2) is 65.7 Å². The van der Waals surface area contributed by atoms with Gasteiger partial charge in [-0.2, -0.15) is 0 Å². The van der Waals surface area contributed by atoms with Crippen LogP contribution in [0.1, 0.15) is 24.5 Å². The van der Waals surface area contributed by atoms with Crippen LogP contribution >= 0.6 is 0 Å². The van der Waals surface area contributed by atoms with Crippen molar-refractivity contribution in [2.75, 3.05) is 0 Å². The molecule has 0 bridgehead atoms. The van der Waals surface area contributed by atoms with Gasteiger partial charge in [0.05, 0.1) is 4.90 Å². The van der Waals surface area contributed by atoms with Gasteiger partial charge in [-0.1, -0.05) is 55.0 Å². The van der Waals surface area contributed by atoms with Gasteiger partial charge in [-0.05, 0) is 30.7 Å². The summed E-state index contributed by atoms with van der Waals surface area (Å²) in [7, 11) is -3.90. The molecule has 0 radical (unpaired) electrons. The van der Waals surface area contributed by atoms with Crippen LogP contribution in [0.2, 0.25) is 0 Å². The highest BCUT2D eigenvalue weighted by Crippen LogP contribution is 2.18. The van der Waals surface area contributed by atoms with Crippen LogP contribution in [0.25, 0.3) is 6.08 Å². The van der Waals surface area contributed by atoms with E-state index in [4.69, 9.17) is 0 Å². The second kappa shape index (κ2) is 7.24. The first-order valence-electron chi connectivity index (χ1n) is 7.32. The van der Waals surface area contributed by atoms with Gasteiger partial charge in [0, 0.05) is 12.6 Å². The molecule has 2 rings (SSSR count). The summed E-state index contributed by atoms with van der Waals surface area (Å²) >= 11 is 0. The van der Waals surface area contributed by atoms with Crippen molar-refractivity contribution in [3.8, 4) is 0 Å². The number of carbonyl (C=O) groups excluding carboxylic acids is 1. The van der Waals surface area contributed by atoms with Gasteiger partial charge in [0.2, 0.25) is 5.91 Å². The molecule has 0 aliphatic rings. The molecule has 23 heavy (non-hydrogen) atoms. The molecule has 5 heteroatoms. The Morgan fingerprint density at radius 2 is 1.65 bits per heavy atom. The zero-order valence-electron chi connectivity index (χ0n) is 13.1. The van der Waals surface area contributed by atoms with Crippen LogP contribution in [0.3, 0.4) is 0 Å². The van der Waals surface area contributed by atoms with Crippen molar-refractivity contribution in [2.45, 2.75) is 25.2 Å². The molecule has 0 saturated heterocycles. The fourth-order valence-electron chi connectivity index (χ4n) is 1.99. The van der Waals surface area contributed by atoms with Crippen molar-refractivity contribution in [2.24, 2.45) is 0 Å². The van der Waals surface area contributed by atoms with E-state index in [1.807, 2.05) is 37.3 Å². The van der Waals surface area contributed by atoms with Crippen LogP contribution in [0, 0.1) is 6.92 Å². The molecule has 0 N–H and O–H groups in total. The summed E-state index contributed by atoms with van der Waals surface area (Å²) in [6.45, 7) is 3.51. The highest BCUT2D eigenvalue weighted by molar-refractivity contribution is 7.89. The third-order valence-corrected chi connectivity index (χ3v) is 5.04. The summed E-state index contributed by atoms with van der Waals surface area (Å²) < 4.78 is 26.2. The number of nitrogens with zero attached hydrogens (tertiary/aromatic N) is 1. The molecule has 4 nitrogen and oxygen atoms in total. The second-order valence-corrected chi connectivity index (χ2v) is 6.90. The Bertz CT molecular complexity index is 794. The van der Waals surface area contributed by atoms with Gasteiger partial charge in [0.25, 0.3) is 10.0 Å². The predicted molar refractivity (Wildman–Crippen MR) is 91.0 cm³/mol. The number of amides is 1. The standard InChI is InChI=1S/C18H19NO3S/c1-3-18(20)19(14-13-16-7-5-4-6-8-16)23(21,22)17-11-9-15(2)10-12-17/h4-14H,3H2,1-2H3. The quantitative estimate of drug-likeness (QED) is 0.842. The normalized spacial score (nSPS) is 11.6. The summed E-state index contributed by atoms with van der Waals surface area (Å²) in [6.07, 6.45) is 3.03. The van der Waals surface area contributed by atoms with Crippen molar-refractivity contribution in [3.05, 3.63) is 71.9 Å². The van der Waals surface area contributed by atoms with Gasteiger partial charge in [-0.3, -0.25) is 4.79 Å². The first-order chi connectivity index (χ1) is 10.9. The van der Waals surface area contributed by atoms with E-state index in [1.54, 1.807) is 25.1 Å². The maximum Gasteiger partial charge on any atom is 0.270 e. The number of carbonyl (C=O) groups is 1. The molecule has 0 spiro atoms. The summed E-state index contributed by atoms with van der Waals surface area (Å²) in [5.41, 5.74) is 1.78. The zero-order chi connectivity index (χ0) is 16.9. The minimum absolute atomic E-state index is 0.0996. The number of benzene rings is 2. The summed E-state index contributed by atoms with van der Waals surface area (Å²) in [5, 5.41) is 0. The molecule has 0 heterocycles. The molecule has 0 fully saturated rings. The number of aryl methyl sites for hydroxylation is 1. The molecule has 0 atom stereocenters. The van der Waals surface area contributed by atoms with E-state index in [2.05, 4.69) is 0 Å². The van der Waals surface area contributed by atoms with Crippen LogP contribution < -0.4 is 0 Å². The van der Waals surface area contributed by atoms with Gasteiger partial charge >= 0.3 is 0 Å². The molecule has 2 aromatic rings. The van der Waals surface area contributed by atoms with Crippen LogP contribution in [0.4, 0.5) is 0 Å². The Labute approximate surface area is 137 Å². The molecule has 0 aromatic heterocycles. The fraction of sp³-hybridized carbons (Fsp3) is 0.167. The molecule has 0 aliphatic heterocycles. The van der Waals surface area contributed by atoms with E-state index < -0.39 is 15.9 Å². The van der Waals surface area contributed by atoms with E-state index in [0.29, 0.717) is 0 Å². The lowest BCUT2D eigenvalue weighted by atomic mass is 10.2. The topological polar surface area (TPSA) is 54.5 Å². The molecular formula is C18H19NO3S. The Morgan fingerprint density at radius 3 is 2.22 bits per heavy atom. The first-order valence-corrected chi connectivity index (χ1v) is 8.76. The zero-order valence-corrected chi connectivity index (χ0v) is 14.0. The highest BCUT2D eigenvalue weighted by Gasteiger charge is 2.26. The number of rotatable bonds is 5. The van der Waals surface area contributed by atoms with Gasteiger partial charge in [-0.25, -0.2) is 12.7 Å². The molecule has 0 saturated carbocycles. The lowest BCUT2D eigenvalue weighted by molar-refractivity contribution is -0.124. The Kier molecular flexibility index (Phi) is 5.34. The monoisotopic (exact) mass is 329 g/mol. The third kappa shape index (κ3) is 4.07. The summed E-state index contributed by atoms with van der Waals surface area (Å²) in [4.78, 5) is 12.2. The molecule has 0 aliphatic carbocycles. The number of hydrogen-bond donors (Lipinski definition) is 0. The maximum absolute atomic E-state index is 12.7. The van der Waals surface area contributed by atoms with E-state index in [9.17, 15) is 13.2 Å². The smallest absolute Gasteiger partial charge is 0.270 e. The van der Waals surface area contributed by atoms with Crippen molar-refractivity contribution >= 4 is 22.0 Å². The SMILES string of the molecule is CCC(=O)N(C=Cc1ccccc1)S(=O)(=O)c1ccc(C)cc1. The lowest BCUT2D eigenvalue weighted by Gasteiger charge is -2.18.